The van der Waals surface area contributed by atoms with Crippen LogP contribution >= 0.6 is 11.8 Å². The largest absolute Gasteiger partial charge is 0.460 e. The zero-order valence-electron chi connectivity index (χ0n) is 29.7. The molecule has 0 fully saturated rings. The predicted molar refractivity (Wildman–Crippen MR) is 198 cm³/mol. The highest BCUT2D eigenvalue weighted by Crippen LogP contribution is 2.41. The van der Waals surface area contributed by atoms with Crippen molar-refractivity contribution in [2.24, 2.45) is 0 Å². The molecular weight excluding hydrogens is 681 g/mol. The number of nitrogens with zero attached hydrogens (tertiary/aromatic N) is 4. The van der Waals surface area contributed by atoms with Crippen LogP contribution in [-0.2, 0) is 31.1 Å². The van der Waals surface area contributed by atoms with Gasteiger partial charge in [0.1, 0.15) is 0 Å². The summed E-state index contributed by atoms with van der Waals surface area (Å²) in [5.41, 5.74) is 5.74. The number of aromatic nitrogens is 4. The Balaban J connectivity index is 0.000000198. The smallest absolute Gasteiger partial charge is 0.376 e. The minimum absolute atomic E-state index is 0.00860. The number of rotatable bonds is 4. The van der Waals surface area contributed by atoms with Crippen molar-refractivity contribution < 1.29 is 23.3 Å². The minimum atomic E-state index is -0.931. The topological polar surface area (TPSA) is 121 Å². The van der Waals surface area contributed by atoms with Crippen molar-refractivity contribution in [2.75, 3.05) is 24.7 Å². The summed E-state index contributed by atoms with van der Waals surface area (Å²) in [4.78, 5) is 41.4. The highest BCUT2D eigenvalue weighted by Gasteiger charge is 2.31. The summed E-state index contributed by atoms with van der Waals surface area (Å²) in [6.07, 6.45) is 8.17. The summed E-state index contributed by atoms with van der Waals surface area (Å²) in [6.45, 7) is 13.0. The molecule has 2 aliphatic rings. The summed E-state index contributed by atoms with van der Waals surface area (Å²) >= 11 is 1.91. The van der Waals surface area contributed by atoms with E-state index >= 15 is 0 Å². The zero-order chi connectivity index (χ0) is 36.6. The molecular formula is C40H40N4O5S2. The lowest BCUT2D eigenvalue weighted by molar-refractivity contribution is 0.0502. The van der Waals surface area contributed by atoms with Gasteiger partial charge in [0.15, 0.2) is 0 Å². The quantitative estimate of drug-likeness (QED) is 0.167. The average Bonchev–Trinajstić information content (AvgIpc) is 3.12. The number of carbonyl (C=O) groups excluding carboxylic acids is 2. The van der Waals surface area contributed by atoms with E-state index in [1.54, 1.807) is 26.2 Å². The van der Waals surface area contributed by atoms with Gasteiger partial charge >= 0.3 is 11.9 Å². The molecule has 0 amide bonds. The maximum Gasteiger partial charge on any atom is 0.376 e. The molecule has 4 aromatic rings. The van der Waals surface area contributed by atoms with Gasteiger partial charge in [0.05, 0.1) is 35.1 Å². The van der Waals surface area contributed by atoms with E-state index in [2.05, 4.69) is 83.4 Å². The van der Waals surface area contributed by atoms with E-state index in [1.807, 2.05) is 36.0 Å². The van der Waals surface area contributed by atoms with Crippen molar-refractivity contribution in [3.63, 3.8) is 0 Å². The maximum atomic E-state index is 12.2. The maximum absolute atomic E-state index is 12.2. The molecule has 1 atom stereocenters. The minimum Gasteiger partial charge on any atom is -0.460 e. The summed E-state index contributed by atoms with van der Waals surface area (Å²) in [5.74, 6) is 13.2. The van der Waals surface area contributed by atoms with E-state index in [0.29, 0.717) is 23.5 Å². The first-order valence-corrected chi connectivity index (χ1v) is 19.0. The molecule has 11 heteroatoms. The number of hydrogen-bond donors (Lipinski definition) is 0. The van der Waals surface area contributed by atoms with Crippen molar-refractivity contribution in [1.29, 1.82) is 0 Å². The van der Waals surface area contributed by atoms with E-state index in [9.17, 15) is 13.8 Å². The molecule has 0 spiro atoms. The number of thioether (sulfide) groups is 1. The van der Waals surface area contributed by atoms with Crippen molar-refractivity contribution in [2.45, 2.75) is 75.0 Å². The monoisotopic (exact) mass is 720 g/mol. The van der Waals surface area contributed by atoms with Gasteiger partial charge in [-0.25, -0.2) is 29.5 Å². The Morgan fingerprint density at radius 2 is 1.18 bits per heavy atom. The highest BCUT2D eigenvalue weighted by atomic mass is 32.2. The van der Waals surface area contributed by atoms with Crippen molar-refractivity contribution >= 4 is 34.5 Å². The zero-order valence-corrected chi connectivity index (χ0v) is 31.3. The molecule has 0 N–H and O–H groups in total. The van der Waals surface area contributed by atoms with Gasteiger partial charge in [0, 0.05) is 51.5 Å². The van der Waals surface area contributed by atoms with Crippen LogP contribution in [0.25, 0.3) is 0 Å². The molecule has 0 bridgehead atoms. The van der Waals surface area contributed by atoms with E-state index in [4.69, 9.17) is 9.47 Å². The normalized spacial score (nSPS) is 16.2. The Hall–Kier alpha value is -4.84. The molecule has 0 saturated carbocycles. The first-order valence-electron chi connectivity index (χ1n) is 16.7. The number of fused-ring (bicyclic) bond motifs is 2. The predicted octanol–water partition coefficient (Wildman–Crippen LogP) is 6.67. The van der Waals surface area contributed by atoms with Crippen LogP contribution in [0.1, 0.15) is 109 Å². The second-order valence-corrected chi connectivity index (χ2v) is 15.8. The Morgan fingerprint density at radius 1 is 0.706 bits per heavy atom. The molecule has 262 valence electrons. The Labute approximate surface area is 306 Å². The fourth-order valence-electron chi connectivity index (χ4n) is 5.42. The lowest BCUT2D eigenvalue weighted by Crippen LogP contribution is -2.27. The van der Waals surface area contributed by atoms with Crippen molar-refractivity contribution in [1.82, 2.24) is 19.9 Å². The number of hydrogen-bond acceptors (Lipinski definition) is 10. The van der Waals surface area contributed by atoms with Crippen LogP contribution in [0.2, 0.25) is 0 Å². The van der Waals surface area contributed by atoms with Crippen molar-refractivity contribution in [3.05, 3.63) is 106 Å². The fourth-order valence-corrected chi connectivity index (χ4v) is 8.62. The third kappa shape index (κ3) is 9.49. The third-order valence-electron chi connectivity index (χ3n) is 8.48. The number of benzene rings is 2. The van der Waals surface area contributed by atoms with Gasteiger partial charge in [0.2, 0.25) is 11.6 Å². The molecule has 1 unspecified atom stereocenters. The lowest BCUT2D eigenvalue weighted by atomic mass is 9.81. The van der Waals surface area contributed by atoms with Gasteiger partial charge in [-0.05, 0) is 90.8 Å². The second-order valence-electron chi connectivity index (χ2n) is 13.1. The number of ether oxygens (including phenoxy) is 2. The van der Waals surface area contributed by atoms with Gasteiger partial charge in [-0.1, -0.05) is 51.4 Å². The van der Waals surface area contributed by atoms with Crippen LogP contribution in [0, 0.1) is 23.7 Å². The van der Waals surface area contributed by atoms with Gasteiger partial charge < -0.3 is 9.47 Å². The van der Waals surface area contributed by atoms with Crippen LogP contribution < -0.4 is 0 Å². The lowest BCUT2D eigenvalue weighted by Gasteiger charge is -2.32. The first-order chi connectivity index (χ1) is 24.4. The van der Waals surface area contributed by atoms with Gasteiger partial charge in [-0.2, -0.15) is 0 Å². The molecule has 0 saturated heterocycles. The van der Waals surface area contributed by atoms with E-state index in [1.165, 1.54) is 29.3 Å². The Morgan fingerprint density at radius 3 is 1.71 bits per heavy atom. The molecule has 0 aliphatic carbocycles. The Kier molecular flexibility index (Phi) is 12.1. The highest BCUT2D eigenvalue weighted by molar-refractivity contribution is 7.99. The molecule has 2 aliphatic heterocycles. The van der Waals surface area contributed by atoms with Gasteiger partial charge in [-0.3, -0.25) is 4.21 Å². The third-order valence-corrected chi connectivity index (χ3v) is 11.0. The van der Waals surface area contributed by atoms with E-state index in [0.717, 1.165) is 33.8 Å². The van der Waals surface area contributed by atoms with Crippen LogP contribution in [0.5, 0.6) is 0 Å². The second kappa shape index (κ2) is 16.5. The Bertz CT molecular complexity index is 2070. The van der Waals surface area contributed by atoms with E-state index in [-0.39, 0.29) is 29.1 Å². The van der Waals surface area contributed by atoms with Gasteiger partial charge in [-0.15, -0.1) is 11.8 Å². The summed E-state index contributed by atoms with van der Waals surface area (Å²) in [6, 6.07) is 12.2. The molecule has 2 aromatic carbocycles. The van der Waals surface area contributed by atoms with Crippen LogP contribution in [0.15, 0.2) is 71.0 Å². The molecule has 0 radical (unpaired) electrons. The number of carbonyl (C=O) groups is 2. The number of esters is 2. The fraction of sp³-hybridized carbons (Fsp3) is 0.350. The average molecular weight is 721 g/mol. The first kappa shape index (κ1) is 37.4. The molecule has 4 heterocycles. The molecule has 2 aromatic heterocycles. The molecule has 51 heavy (non-hydrogen) atoms. The molecule has 9 nitrogen and oxygen atoms in total. The summed E-state index contributed by atoms with van der Waals surface area (Å²) in [7, 11) is -0.931. The van der Waals surface area contributed by atoms with Crippen LogP contribution in [0.3, 0.4) is 0 Å². The summed E-state index contributed by atoms with van der Waals surface area (Å²) in [5, 5.41) is 0. The van der Waals surface area contributed by atoms with Crippen LogP contribution in [-0.4, -0.2) is 60.8 Å². The van der Waals surface area contributed by atoms with Crippen molar-refractivity contribution in [3.8, 4) is 23.7 Å². The SMILES string of the molecule is CCOC(=O)c1ncc(C#Cc2ccc3c(c2)C(C)(C)CCS3)cn1.CCOC(=O)c1ncc(C#Cc2ccc3c(c2)C(C)(C)CCS3=O)cn1. The summed E-state index contributed by atoms with van der Waals surface area (Å²) < 4.78 is 21.9. The molecule has 6 rings (SSSR count). The van der Waals surface area contributed by atoms with Crippen LogP contribution in [0.4, 0.5) is 0 Å². The standard InChI is InChI=1S/C20H20N2O3S.C20H20N2O2S/c1-4-25-19(23)18-21-12-15(13-22-18)6-5-14-7-8-17-16(11-14)20(2,3)9-10-26(17)24;1-4-24-19(23)18-21-12-15(13-22-18)6-5-14-7-8-17-16(11-14)20(2,3)9-10-25-17/h7-8,11-13H,4,9-10H2,1-3H3;7-8,11-13H,4,9-10H2,1-3H3. The van der Waals surface area contributed by atoms with Gasteiger partial charge in [0.25, 0.3) is 0 Å². The van der Waals surface area contributed by atoms with E-state index < -0.39 is 22.7 Å².